The smallest absolute Gasteiger partial charge is 0.407 e. The highest BCUT2D eigenvalue weighted by Gasteiger charge is 2.16. The third-order valence-corrected chi connectivity index (χ3v) is 5.03. The Kier molecular flexibility index (Phi) is 6.03. The average molecular weight is 362 g/mol. The van der Waals surface area contributed by atoms with E-state index in [4.69, 9.17) is 4.74 Å². The molecule has 2 aromatic carbocycles. The summed E-state index contributed by atoms with van der Waals surface area (Å²) >= 11 is 0. The highest BCUT2D eigenvalue weighted by atomic mass is 32.2. The summed E-state index contributed by atoms with van der Waals surface area (Å²) in [5.74, 6) is 0. The van der Waals surface area contributed by atoms with Crippen molar-refractivity contribution in [2.45, 2.75) is 32.2 Å². The summed E-state index contributed by atoms with van der Waals surface area (Å²) < 4.78 is 32.5. The summed E-state index contributed by atoms with van der Waals surface area (Å²) in [4.78, 5) is 11.4. The zero-order chi connectivity index (χ0) is 18.4. The molecule has 0 atom stereocenters. The molecule has 2 rings (SSSR count). The van der Waals surface area contributed by atoms with Crippen LogP contribution in [0.25, 0.3) is 0 Å². The number of sulfonamides is 1. The van der Waals surface area contributed by atoms with Crippen LogP contribution in [0.1, 0.15) is 23.6 Å². The molecule has 0 fully saturated rings. The number of carbonyl (C=O) groups excluding carboxylic acids is 1. The van der Waals surface area contributed by atoms with Gasteiger partial charge in [-0.2, -0.15) is 0 Å². The number of ether oxygens (including phenoxy) is 1. The zero-order valence-corrected chi connectivity index (χ0v) is 15.3. The lowest BCUT2D eigenvalue weighted by Crippen LogP contribution is -2.23. The van der Waals surface area contributed by atoms with Crippen molar-refractivity contribution in [2.24, 2.45) is 0 Å². The van der Waals surface area contributed by atoms with E-state index in [1.165, 1.54) is 12.1 Å². The highest BCUT2D eigenvalue weighted by molar-refractivity contribution is 7.92. The Balaban J connectivity index is 2.11. The lowest BCUT2D eigenvalue weighted by molar-refractivity contribution is 0.151. The molecule has 6 nitrogen and oxygen atoms in total. The fraction of sp³-hybridized carbons (Fsp3) is 0.278. The number of amides is 1. The van der Waals surface area contributed by atoms with E-state index in [9.17, 15) is 13.2 Å². The predicted molar refractivity (Wildman–Crippen MR) is 97.0 cm³/mol. The number of rotatable bonds is 6. The van der Waals surface area contributed by atoms with Crippen LogP contribution >= 0.6 is 0 Å². The molecule has 0 radical (unpaired) electrons. The number of carbonyl (C=O) groups is 1. The lowest BCUT2D eigenvalue weighted by atomic mass is 10.1. The Bertz CT molecular complexity index is 826. The van der Waals surface area contributed by atoms with Crippen molar-refractivity contribution in [1.29, 1.82) is 0 Å². The number of benzene rings is 2. The van der Waals surface area contributed by atoms with Gasteiger partial charge in [0.2, 0.25) is 0 Å². The molecule has 0 unspecified atom stereocenters. The van der Waals surface area contributed by atoms with Crippen LogP contribution in [-0.4, -0.2) is 21.1 Å². The van der Waals surface area contributed by atoms with Crippen LogP contribution in [0.4, 0.5) is 10.5 Å². The summed E-state index contributed by atoms with van der Waals surface area (Å²) in [6, 6.07) is 11.9. The molecule has 0 aromatic heterocycles. The number of anilines is 1. The molecule has 0 saturated carbocycles. The van der Waals surface area contributed by atoms with Crippen LogP contribution in [-0.2, 0) is 21.3 Å². The number of hydrogen-bond acceptors (Lipinski definition) is 4. The Labute approximate surface area is 148 Å². The summed E-state index contributed by atoms with van der Waals surface area (Å²) in [6.07, 6.45) is -0.504. The van der Waals surface area contributed by atoms with Gasteiger partial charge in [0.25, 0.3) is 10.0 Å². The molecular weight excluding hydrogens is 340 g/mol. The highest BCUT2D eigenvalue weighted by Crippen LogP contribution is 2.23. The minimum absolute atomic E-state index is 0.162. The third-order valence-electron chi connectivity index (χ3n) is 3.66. The maximum Gasteiger partial charge on any atom is 0.407 e. The number of hydrogen-bond donors (Lipinski definition) is 2. The van der Waals surface area contributed by atoms with Crippen LogP contribution in [0.15, 0.2) is 47.4 Å². The molecule has 134 valence electrons. The van der Waals surface area contributed by atoms with Crippen molar-refractivity contribution < 1.29 is 17.9 Å². The largest absolute Gasteiger partial charge is 0.450 e. The molecular formula is C18H22N2O4S. The minimum atomic E-state index is -3.68. The molecule has 2 aromatic rings. The van der Waals surface area contributed by atoms with Gasteiger partial charge in [0.15, 0.2) is 0 Å². The van der Waals surface area contributed by atoms with Crippen molar-refractivity contribution in [3.05, 3.63) is 59.2 Å². The molecule has 0 saturated heterocycles. The number of nitrogens with one attached hydrogen (secondary N) is 2. The molecule has 1 amide bonds. The van der Waals surface area contributed by atoms with Gasteiger partial charge < -0.3 is 10.1 Å². The number of para-hydroxylation sites is 1. The van der Waals surface area contributed by atoms with Gasteiger partial charge in [0.1, 0.15) is 0 Å². The van der Waals surface area contributed by atoms with Crippen molar-refractivity contribution in [1.82, 2.24) is 5.32 Å². The fourth-order valence-corrected chi connectivity index (χ4v) is 3.51. The molecule has 0 aliphatic heterocycles. The second-order valence-corrected chi connectivity index (χ2v) is 7.27. The van der Waals surface area contributed by atoms with E-state index in [2.05, 4.69) is 10.0 Å². The van der Waals surface area contributed by atoms with Gasteiger partial charge in [-0.15, -0.1) is 0 Å². The van der Waals surface area contributed by atoms with Crippen LogP contribution in [0.3, 0.4) is 0 Å². The van der Waals surface area contributed by atoms with Gasteiger partial charge in [-0.1, -0.05) is 30.3 Å². The average Bonchev–Trinajstić information content (AvgIpc) is 2.57. The molecule has 2 N–H and O–H groups in total. The molecule has 0 heterocycles. The van der Waals surface area contributed by atoms with Crippen LogP contribution in [0, 0.1) is 13.8 Å². The van der Waals surface area contributed by atoms with Crippen LogP contribution < -0.4 is 10.0 Å². The van der Waals surface area contributed by atoms with Gasteiger partial charge in [0.05, 0.1) is 17.2 Å². The number of alkyl carbamates (subject to hydrolysis) is 1. The summed E-state index contributed by atoms with van der Waals surface area (Å²) in [5, 5.41) is 2.59. The first kappa shape index (κ1) is 18.8. The normalized spacial score (nSPS) is 11.0. The second-order valence-electron chi connectivity index (χ2n) is 5.59. The maximum absolute atomic E-state index is 12.6. The first-order chi connectivity index (χ1) is 11.8. The van der Waals surface area contributed by atoms with Crippen LogP contribution in [0.2, 0.25) is 0 Å². The maximum atomic E-state index is 12.6. The third kappa shape index (κ3) is 4.96. The SMILES string of the molecule is CCOC(=O)NCc1ccc(S(=O)(=O)Nc2c(C)cccc2C)cc1. The first-order valence-electron chi connectivity index (χ1n) is 7.92. The fourth-order valence-electron chi connectivity index (χ4n) is 2.31. The van der Waals surface area contributed by atoms with Gasteiger partial charge >= 0.3 is 6.09 Å². The Hall–Kier alpha value is -2.54. The quantitative estimate of drug-likeness (QED) is 0.825. The first-order valence-corrected chi connectivity index (χ1v) is 9.40. The molecule has 25 heavy (non-hydrogen) atoms. The summed E-state index contributed by atoms with van der Waals surface area (Å²) in [7, 11) is -3.68. The van der Waals surface area contributed by atoms with Crippen molar-refractivity contribution in [3.63, 3.8) is 0 Å². The molecule has 0 bridgehead atoms. The van der Waals surface area contributed by atoms with E-state index in [0.717, 1.165) is 16.7 Å². The zero-order valence-electron chi connectivity index (χ0n) is 14.5. The van der Waals surface area contributed by atoms with Crippen LogP contribution in [0.5, 0.6) is 0 Å². The molecule has 0 spiro atoms. The predicted octanol–water partition coefficient (Wildman–Crippen LogP) is 3.35. The Morgan fingerprint density at radius 2 is 1.64 bits per heavy atom. The minimum Gasteiger partial charge on any atom is -0.450 e. The monoisotopic (exact) mass is 362 g/mol. The van der Waals surface area contributed by atoms with E-state index in [0.29, 0.717) is 12.3 Å². The van der Waals surface area contributed by atoms with Gasteiger partial charge in [-0.25, -0.2) is 13.2 Å². The van der Waals surface area contributed by atoms with Gasteiger partial charge in [-0.05, 0) is 49.6 Å². The Morgan fingerprint density at radius 1 is 1.04 bits per heavy atom. The van der Waals surface area contributed by atoms with E-state index in [1.54, 1.807) is 19.1 Å². The van der Waals surface area contributed by atoms with Gasteiger partial charge in [-0.3, -0.25) is 4.72 Å². The standard InChI is InChI=1S/C18H22N2O4S/c1-4-24-18(21)19-12-15-8-10-16(11-9-15)25(22,23)20-17-13(2)6-5-7-14(17)3/h5-11,20H,4,12H2,1-3H3,(H,19,21). The lowest BCUT2D eigenvalue weighted by Gasteiger charge is -2.13. The van der Waals surface area contributed by atoms with E-state index >= 15 is 0 Å². The molecule has 7 heteroatoms. The van der Waals surface area contributed by atoms with Crippen molar-refractivity contribution in [3.8, 4) is 0 Å². The van der Waals surface area contributed by atoms with Crippen molar-refractivity contribution in [2.75, 3.05) is 11.3 Å². The summed E-state index contributed by atoms with van der Waals surface area (Å²) in [5.41, 5.74) is 3.09. The van der Waals surface area contributed by atoms with Crippen molar-refractivity contribution >= 4 is 21.8 Å². The second kappa shape index (κ2) is 8.02. The topological polar surface area (TPSA) is 84.5 Å². The molecule has 0 aliphatic rings. The van der Waals surface area contributed by atoms with Gasteiger partial charge in [0, 0.05) is 6.54 Å². The van der Waals surface area contributed by atoms with E-state index < -0.39 is 16.1 Å². The van der Waals surface area contributed by atoms with E-state index in [1.807, 2.05) is 32.0 Å². The molecule has 0 aliphatic carbocycles. The number of aryl methyl sites for hydroxylation is 2. The Morgan fingerprint density at radius 3 is 2.20 bits per heavy atom. The summed E-state index contributed by atoms with van der Waals surface area (Å²) in [6.45, 7) is 6.00. The van der Waals surface area contributed by atoms with E-state index in [-0.39, 0.29) is 11.4 Å².